The summed E-state index contributed by atoms with van der Waals surface area (Å²) in [5.41, 5.74) is 3.25. The number of amides is 1. The zero-order valence-electron chi connectivity index (χ0n) is 20.6. The Bertz CT molecular complexity index is 1400. The smallest absolute Gasteiger partial charge is 0.277 e. The number of nitrogens with one attached hydrogen (secondary N) is 1. The van der Waals surface area contributed by atoms with Crippen molar-refractivity contribution in [2.45, 2.75) is 39.2 Å². The molecule has 0 aliphatic carbocycles. The number of aromatic nitrogens is 4. The van der Waals surface area contributed by atoms with Crippen molar-refractivity contribution < 1.29 is 19.4 Å². The highest BCUT2D eigenvalue weighted by Gasteiger charge is 2.25. The summed E-state index contributed by atoms with van der Waals surface area (Å²) in [7, 11) is 0. The van der Waals surface area contributed by atoms with Gasteiger partial charge in [0.05, 0.1) is 17.1 Å². The van der Waals surface area contributed by atoms with Gasteiger partial charge in [-0.25, -0.2) is 9.97 Å². The first-order valence-electron chi connectivity index (χ1n) is 12.0. The van der Waals surface area contributed by atoms with Gasteiger partial charge in [0.25, 0.3) is 5.91 Å². The van der Waals surface area contributed by atoms with Crippen molar-refractivity contribution in [3.8, 4) is 11.5 Å². The van der Waals surface area contributed by atoms with Gasteiger partial charge in [0, 0.05) is 55.6 Å². The van der Waals surface area contributed by atoms with Gasteiger partial charge in [0.2, 0.25) is 5.89 Å². The molecule has 5 rings (SSSR count). The number of anilines is 2. The number of hydrogen-bond donors (Lipinski definition) is 3. The SMILES string of the molecule is Cc1cc(-c2nc(C(=O)Nc3cn4cc(C(C)(C)O)nc4cc3N3CCC(CO)CC3)co2)ccn1. The van der Waals surface area contributed by atoms with E-state index >= 15 is 0 Å². The minimum absolute atomic E-state index is 0.160. The number of carbonyl (C=O) groups excluding carboxylic acids is 1. The van der Waals surface area contributed by atoms with E-state index in [-0.39, 0.29) is 18.2 Å². The quantitative estimate of drug-likeness (QED) is 0.375. The molecule has 5 heterocycles. The number of imidazole rings is 1. The van der Waals surface area contributed by atoms with Gasteiger partial charge < -0.3 is 29.2 Å². The Kier molecular flexibility index (Phi) is 6.23. The number of rotatable bonds is 6. The van der Waals surface area contributed by atoms with E-state index in [1.54, 1.807) is 42.9 Å². The van der Waals surface area contributed by atoms with Crippen molar-refractivity contribution in [2.24, 2.45) is 5.92 Å². The number of piperidine rings is 1. The van der Waals surface area contributed by atoms with Gasteiger partial charge in [-0.05, 0) is 51.7 Å². The maximum atomic E-state index is 13.2. The van der Waals surface area contributed by atoms with Crippen molar-refractivity contribution in [1.82, 2.24) is 19.4 Å². The third-order valence-corrected chi connectivity index (χ3v) is 6.54. The number of carbonyl (C=O) groups is 1. The Morgan fingerprint density at radius 3 is 2.69 bits per heavy atom. The van der Waals surface area contributed by atoms with Gasteiger partial charge >= 0.3 is 0 Å². The summed E-state index contributed by atoms with van der Waals surface area (Å²) in [6, 6.07) is 5.54. The van der Waals surface area contributed by atoms with Crippen LogP contribution in [0.15, 0.2) is 47.5 Å². The molecule has 36 heavy (non-hydrogen) atoms. The van der Waals surface area contributed by atoms with Crippen LogP contribution in [0.25, 0.3) is 17.1 Å². The van der Waals surface area contributed by atoms with E-state index in [1.807, 2.05) is 19.1 Å². The lowest BCUT2D eigenvalue weighted by Crippen LogP contribution is -2.35. The molecule has 10 nitrogen and oxygen atoms in total. The molecule has 1 amide bonds. The first kappa shape index (κ1) is 24.0. The zero-order valence-corrected chi connectivity index (χ0v) is 20.6. The molecule has 1 aliphatic heterocycles. The summed E-state index contributed by atoms with van der Waals surface area (Å²) < 4.78 is 7.36. The van der Waals surface area contributed by atoms with E-state index in [4.69, 9.17) is 4.42 Å². The zero-order chi connectivity index (χ0) is 25.4. The molecule has 0 radical (unpaired) electrons. The molecular formula is C26H30N6O4. The maximum absolute atomic E-state index is 13.2. The molecule has 1 saturated heterocycles. The van der Waals surface area contributed by atoms with E-state index < -0.39 is 11.5 Å². The number of aryl methyl sites for hydroxylation is 1. The Balaban J connectivity index is 1.47. The second kappa shape index (κ2) is 9.36. The second-order valence-corrected chi connectivity index (χ2v) is 9.81. The van der Waals surface area contributed by atoms with E-state index in [1.165, 1.54) is 6.26 Å². The largest absolute Gasteiger partial charge is 0.444 e. The van der Waals surface area contributed by atoms with Crippen LogP contribution in [0.1, 0.15) is 48.6 Å². The molecule has 3 N–H and O–H groups in total. The lowest BCUT2D eigenvalue weighted by atomic mass is 9.97. The van der Waals surface area contributed by atoms with E-state index in [0.29, 0.717) is 22.9 Å². The normalized spacial score (nSPS) is 15.0. The molecule has 0 unspecified atom stereocenters. The number of nitrogens with zero attached hydrogens (tertiary/aromatic N) is 5. The van der Waals surface area contributed by atoms with Crippen molar-refractivity contribution >= 4 is 22.9 Å². The maximum Gasteiger partial charge on any atom is 0.277 e. The fourth-order valence-electron chi connectivity index (χ4n) is 4.41. The van der Waals surface area contributed by atoms with Crippen LogP contribution in [0.3, 0.4) is 0 Å². The lowest BCUT2D eigenvalue weighted by Gasteiger charge is -2.34. The number of hydrogen-bond acceptors (Lipinski definition) is 8. The average Bonchev–Trinajstić information content (AvgIpc) is 3.51. The average molecular weight is 491 g/mol. The number of aliphatic hydroxyl groups excluding tert-OH is 1. The number of aliphatic hydroxyl groups is 2. The molecule has 0 spiro atoms. The number of oxazole rings is 1. The van der Waals surface area contributed by atoms with Gasteiger partial charge in [0.1, 0.15) is 17.5 Å². The molecule has 10 heteroatoms. The highest BCUT2D eigenvalue weighted by molar-refractivity contribution is 6.04. The standard InChI is InChI=1S/C26H30N6O4/c1-16-10-18(4-7-27-16)25-29-20(15-36-25)24(34)28-19-12-32-13-22(26(2,3)35)30-23(32)11-21(19)31-8-5-17(14-33)6-9-31/h4,7,10-13,15,17,33,35H,5-6,8-9,14H2,1-3H3,(H,28,34). The van der Waals surface area contributed by atoms with Crippen molar-refractivity contribution in [2.75, 3.05) is 29.9 Å². The monoisotopic (exact) mass is 490 g/mol. The predicted molar refractivity (Wildman–Crippen MR) is 135 cm³/mol. The fourth-order valence-corrected chi connectivity index (χ4v) is 4.41. The Morgan fingerprint density at radius 2 is 2.00 bits per heavy atom. The van der Waals surface area contributed by atoms with Crippen LogP contribution in [-0.4, -0.2) is 55.2 Å². The predicted octanol–water partition coefficient (Wildman–Crippen LogP) is 3.38. The molecule has 4 aromatic rings. The molecular weight excluding hydrogens is 460 g/mol. The van der Waals surface area contributed by atoms with E-state index in [0.717, 1.165) is 42.9 Å². The first-order chi connectivity index (χ1) is 17.2. The van der Waals surface area contributed by atoms with Crippen molar-refractivity contribution in [1.29, 1.82) is 0 Å². The van der Waals surface area contributed by atoms with Gasteiger partial charge in [-0.15, -0.1) is 0 Å². The molecule has 1 aliphatic rings. The van der Waals surface area contributed by atoms with Crippen molar-refractivity contribution in [3.05, 3.63) is 60.1 Å². The summed E-state index contributed by atoms with van der Waals surface area (Å²) in [6.07, 6.45) is 8.29. The Labute approximate surface area is 208 Å². The van der Waals surface area contributed by atoms with Gasteiger partial charge in [0.15, 0.2) is 5.69 Å². The van der Waals surface area contributed by atoms with E-state index in [9.17, 15) is 15.0 Å². The molecule has 188 valence electrons. The minimum Gasteiger partial charge on any atom is -0.444 e. The lowest BCUT2D eigenvalue weighted by molar-refractivity contribution is 0.0744. The highest BCUT2D eigenvalue weighted by Crippen LogP contribution is 2.33. The first-order valence-corrected chi connectivity index (χ1v) is 12.0. The van der Waals surface area contributed by atoms with Gasteiger partial charge in [-0.1, -0.05) is 0 Å². The topological polar surface area (TPSA) is 129 Å². The van der Waals surface area contributed by atoms with Crippen LogP contribution < -0.4 is 10.2 Å². The van der Waals surface area contributed by atoms with Crippen molar-refractivity contribution in [3.63, 3.8) is 0 Å². The van der Waals surface area contributed by atoms with Crippen LogP contribution in [0.5, 0.6) is 0 Å². The molecule has 0 saturated carbocycles. The van der Waals surface area contributed by atoms with Gasteiger partial charge in [-0.2, -0.15) is 0 Å². The minimum atomic E-state index is -1.10. The highest BCUT2D eigenvalue weighted by atomic mass is 16.3. The molecule has 0 atom stereocenters. The third-order valence-electron chi connectivity index (χ3n) is 6.54. The third kappa shape index (κ3) is 4.82. The molecule has 0 aromatic carbocycles. The molecule has 1 fully saturated rings. The van der Waals surface area contributed by atoms with Crippen LogP contribution in [0, 0.1) is 12.8 Å². The van der Waals surface area contributed by atoms with Crippen LogP contribution in [0.2, 0.25) is 0 Å². The van der Waals surface area contributed by atoms with Gasteiger partial charge in [-0.3, -0.25) is 9.78 Å². The Morgan fingerprint density at radius 1 is 1.22 bits per heavy atom. The number of fused-ring (bicyclic) bond motifs is 1. The van der Waals surface area contributed by atoms with Crippen LogP contribution >= 0.6 is 0 Å². The molecule has 4 aromatic heterocycles. The second-order valence-electron chi connectivity index (χ2n) is 9.81. The van der Waals surface area contributed by atoms with E-state index in [2.05, 4.69) is 25.2 Å². The van der Waals surface area contributed by atoms with Crippen LogP contribution in [-0.2, 0) is 5.60 Å². The van der Waals surface area contributed by atoms with Crippen LogP contribution in [0.4, 0.5) is 11.4 Å². The molecule has 0 bridgehead atoms. The summed E-state index contributed by atoms with van der Waals surface area (Å²) in [6.45, 7) is 6.92. The Hall–Kier alpha value is -3.76. The summed E-state index contributed by atoms with van der Waals surface area (Å²) in [5.74, 6) is 0.225. The summed E-state index contributed by atoms with van der Waals surface area (Å²) in [4.78, 5) is 28.5. The number of pyridine rings is 2. The summed E-state index contributed by atoms with van der Waals surface area (Å²) >= 11 is 0. The summed E-state index contributed by atoms with van der Waals surface area (Å²) in [5, 5.41) is 23.0. The fraction of sp³-hybridized carbons (Fsp3) is 0.385.